The molecule has 2 saturated heterocycles. The number of carbonyl (C=O) groups excluding carboxylic acids is 3. The highest BCUT2D eigenvalue weighted by Gasteiger charge is 2.44. The molecule has 3 rings (SSSR count). The van der Waals surface area contributed by atoms with Gasteiger partial charge in [-0.1, -0.05) is 25.5 Å². The molecule has 0 radical (unpaired) electrons. The van der Waals surface area contributed by atoms with E-state index in [1.807, 2.05) is 29.2 Å². The van der Waals surface area contributed by atoms with E-state index in [4.69, 9.17) is 10.5 Å². The van der Waals surface area contributed by atoms with Crippen LogP contribution in [0.3, 0.4) is 0 Å². The predicted octanol–water partition coefficient (Wildman–Crippen LogP) is 2.09. The average molecular weight is 459 g/mol. The Balaban J connectivity index is 1.58. The minimum absolute atomic E-state index is 0.0372. The molecule has 3 atom stereocenters. The second-order valence-electron chi connectivity index (χ2n) is 9.16. The zero-order valence-electron chi connectivity index (χ0n) is 19.9. The minimum atomic E-state index is -0.406. The standard InChI is InChI=1S/C25H38N4O4/c1-3-4-15-29-22(30)16-21(23(29)18-8-10-20(33-2)11-9-18)25(32)27-12-6-14-28-13-5-7-19(17-28)24(26)31/h8-11,19,21,23H,3-7,12-17H2,1-2H3,(H2,26,31)(H,27,32). The van der Waals surface area contributed by atoms with Crippen molar-refractivity contribution < 1.29 is 19.1 Å². The molecule has 1 aromatic rings. The molecule has 2 aliphatic heterocycles. The smallest absolute Gasteiger partial charge is 0.226 e. The number of hydrogen-bond donors (Lipinski definition) is 2. The predicted molar refractivity (Wildman–Crippen MR) is 126 cm³/mol. The van der Waals surface area contributed by atoms with Gasteiger partial charge in [-0.2, -0.15) is 0 Å². The zero-order valence-corrected chi connectivity index (χ0v) is 19.9. The molecule has 3 N–H and O–H groups in total. The van der Waals surface area contributed by atoms with Crippen LogP contribution in [0.15, 0.2) is 24.3 Å². The number of nitrogens with one attached hydrogen (secondary N) is 1. The zero-order chi connectivity index (χ0) is 23.8. The van der Waals surface area contributed by atoms with E-state index < -0.39 is 5.92 Å². The summed E-state index contributed by atoms with van der Waals surface area (Å²) in [5.41, 5.74) is 6.42. The highest BCUT2D eigenvalue weighted by atomic mass is 16.5. The Labute approximate surface area is 196 Å². The number of nitrogens with two attached hydrogens (primary N) is 1. The summed E-state index contributed by atoms with van der Waals surface area (Å²) in [6.45, 7) is 5.78. The SMILES string of the molecule is CCCCN1C(=O)CC(C(=O)NCCCN2CCCC(C(N)=O)C2)C1c1ccc(OC)cc1. The summed E-state index contributed by atoms with van der Waals surface area (Å²) in [7, 11) is 1.62. The second-order valence-corrected chi connectivity index (χ2v) is 9.16. The molecule has 2 aliphatic rings. The fourth-order valence-electron chi connectivity index (χ4n) is 4.97. The third kappa shape index (κ3) is 6.47. The third-order valence-electron chi connectivity index (χ3n) is 6.84. The van der Waals surface area contributed by atoms with Crippen LogP contribution in [0.2, 0.25) is 0 Å². The lowest BCUT2D eigenvalue weighted by Crippen LogP contribution is -2.42. The van der Waals surface area contributed by atoms with Crippen LogP contribution in [-0.2, 0) is 14.4 Å². The molecule has 3 unspecified atom stereocenters. The molecule has 0 aromatic heterocycles. The fraction of sp³-hybridized carbons (Fsp3) is 0.640. The van der Waals surface area contributed by atoms with Crippen LogP contribution in [0, 0.1) is 11.8 Å². The van der Waals surface area contributed by atoms with Gasteiger partial charge in [0.05, 0.1) is 25.0 Å². The van der Waals surface area contributed by atoms with E-state index >= 15 is 0 Å². The number of methoxy groups -OCH3 is 1. The number of benzene rings is 1. The summed E-state index contributed by atoms with van der Waals surface area (Å²) >= 11 is 0. The highest BCUT2D eigenvalue weighted by Crippen LogP contribution is 2.39. The Kier molecular flexibility index (Phi) is 9.11. The molecule has 1 aromatic carbocycles. The van der Waals surface area contributed by atoms with E-state index in [-0.39, 0.29) is 36.1 Å². The molecule has 0 bridgehead atoms. The van der Waals surface area contributed by atoms with Gasteiger partial charge in [0, 0.05) is 26.1 Å². The lowest BCUT2D eigenvalue weighted by molar-refractivity contribution is -0.129. The fourth-order valence-corrected chi connectivity index (χ4v) is 4.97. The van der Waals surface area contributed by atoms with Crippen LogP contribution < -0.4 is 15.8 Å². The van der Waals surface area contributed by atoms with Gasteiger partial charge in [-0.05, 0) is 56.5 Å². The quantitative estimate of drug-likeness (QED) is 0.494. The van der Waals surface area contributed by atoms with Crippen molar-refractivity contribution in [2.75, 3.05) is 39.8 Å². The van der Waals surface area contributed by atoms with Crippen molar-refractivity contribution >= 4 is 17.7 Å². The van der Waals surface area contributed by atoms with Crippen LogP contribution in [-0.4, -0.2) is 67.4 Å². The highest BCUT2D eigenvalue weighted by molar-refractivity contribution is 5.90. The Bertz CT molecular complexity index is 813. The summed E-state index contributed by atoms with van der Waals surface area (Å²) < 4.78 is 5.26. The van der Waals surface area contributed by atoms with Gasteiger partial charge in [0.25, 0.3) is 0 Å². The molecule has 182 valence electrons. The molecule has 0 spiro atoms. The number of ether oxygens (including phenoxy) is 1. The first-order chi connectivity index (χ1) is 15.9. The lowest BCUT2D eigenvalue weighted by atomic mass is 9.92. The van der Waals surface area contributed by atoms with Gasteiger partial charge >= 0.3 is 0 Å². The third-order valence-corrected chi connectivity index (χ3v) is 6.84. The van der Waals surface area contributed by atoms with Crippen LogP contribution in [0.25, 0.3) is 0 Å². The molecule has 2 fully saturated rings. The van der Waals surface area contributed by atoms with Gasteiger partial charge in [0.15, 0.2) is 0 Å². The lowest BCUT2D eigenvalue weighted by Gasteiger charge is -2.31. The molecule has 8 nitrogen and oxygen atoms in total. The first-order valence-electron chi connectivity index (χ1n) is 12.2. The summed E-state index contributed by atoms with van der Waals surface area (Å²) in [5, 5.41) is 3.06. The van der Waals surface area contributed by atoms with Crippen molar-refractivity contribution in [3.05, 3.63) is 29.8 Å². The van der Waals surface area contributed by atoms with E-state index in [0.717, 1.165) is 56.5 Å². The Hall–Kier alpha value is -2.61. The first kappa shape index (κ1) is 25.0. The van der Waals surface area contributed by atoms with Crippen molar-refractivity contribution in [3.8, 4) is 5.75 Å². The maximum Gasteiger partial charge on any atom is 0.226 e. The monoisotopic (exact) mass is 458 g/mol. The number of piperidine rings is 1. The average Bonchev–Trinajstić information content (AvgIpc) is 3.16. The maximum atomic E-state index is 13.1. The van der Waals surface area contributed by atoms with Gasteiger partial charge in [-0.25, -0.2) is 0 Å². The molecular weight excluding hydrogens is 420 g/mol. The molecule has 3 amide bonds. The summed E-state index contributed by atoms with van der Waals surface area (Å²) in [6, 6.07) is 7.40. The number of likely N-dealkylation sites (tertiary alicyclic amines) is 2. The van der Waals surface area contributed by atoms with Crippen LogP contribution in [0.1, 0.15) is 57.1 Å². The second kappa shape index (κ2) is 12.0. The van der Waals surface area contributed by atoms with E-state index in [1.165, 1.54) is 0 Å². The Morgan fingerprint density at radius 1 is 1.18 bits per heavy atom. The number of rotatable bonds is 11. The van der Waals surface area contributed by atoms with E-state index in [9.17, 15) is 14.4 Å². The molecule has 8 heteroatoms. The normalized spacial score (nSPS) is 23.5. The summed E-state index contributed by atoms with van der Waals surface area (Å²) in [5.74, 6) is 0.0119. The number of carbonyl (C=O) groups is 3. The molecule has 0 saturated carbocycles. The largest absolute Gasteiger partial charge is 0.497 e. The number of amides is 3. The van der Waals surface area contributed by atoms with Gasteiger partial charge in [0.2, 0.25) is 17.7 Å². The van der Waals surface area contributed by atoms with Crippen LogP contribution >= 0.6 is 0 Å². The van der Waals surface area contributed by atoms with Gasteiger partial charge in [-0.15, -0.1) is 0 Å². The van der Waals surface area contributed by atoms with Crippen LogP contribution in [0.4, 0.5) is 0 Å². The van der Waals surface area contributed by atoms with Crippen molar-refractivity contribution in [1.82, 2.24) is 15.1 Å². The Morgan fingerprint density at radius 2 is 1.94 bits per heavy atom. The van der Waals surface area contributed by atoms with Crippen molar-refractivity contribution in [1.29, 1.82) is 0 Å². The van der Waals surface area contributed by atoms with E-state index in [0.29, 0.717) is 19.6 Å². The number of nitrogens with zero attached hydrogens (tertiary/aromatic N) is 2. The Morgan fingerprint density at radius 3 is 2.61 bits per heavy atom. The maximum absolute atomic E-state index is 13.1. The van der Waals surface area contributed by atoms with Gasteiger partial charge in [0.1, 0.15) is 5.75 Å². The topological polar surface area (TPSA) is 105 Å². The minimum Gasteiger partial charge on any atom is -0.497 e. The van der Waals surface area contributed by atoms with Gasteiger partial charge in [-0.3, -0.25) is 14.4 Å². The first-order valence-corrected chi connectivity index (χ1v) is 12.2. The van der Waals surface area contributed by atoms with E-state index in [1.54, 1.807) is 7.11 Å². The number of hydrogen-bond acceptors (Lipinski definition) is 5. The molecule has 2 heterocycles. The number of unbranched alkanes of at least 4 members (excludes halogenated alkanes) is 1. The van der Waals surface area contributed by atoms with Crippen molar-refractivity contribution in [2.45, 2.75) is 51.5 Å². The van der Waals surface area contributed by atoms with Crippen LogP contribution in [0.5, 0.6) is 5.75 Å². The van der Waals surface area contributed by atoms with E-state index in [2.05, 4.69) is 17.1 Å². The molecule has 33 heavy (non-hydrogen) atoms. The molecule has 0 aliphatic carbocycles. The van der Waals surface area contributed by atoms with Crippen molar-refractivity contribution in [3.63, 3.8) is 0 Å². The van der Waals surface area contributed by atoms with Gasteiger partial charge < -0.3 is 25.6 Å². The number of primary amides is 1. The van der Waals surface area contributed by atoms with Crippen molar-refractivity contribution in [2.24, 2.45) is 17.6 Å². The molecular formula is C25H38N4O4. The summed E-state index contributed by atoms with van der Waals surface area (Å²) in [4.78, 5) is 41.5. The summed E-state index contributed by atoms with van der Waals surface area (Å²) in [6.07, 6.45) is 4.77.